The lowest BCUT2D eigenvalue weighted by Crippen LogP contribution is -2.38. The molecule has 0 spiro atoms. The number of rotatable bonds is 9. The van der Waals surface area contributed by atoms with Gasteiger partial charge in [0.05, 0.1) is 11.5 Å². The minimum absolute atomic E-state index is 0.00414. The predicted octanol–water partition coefficient (Wildman–Crippen LogP) is 0.431. The zero-order valence-electron chi connectivity index (χ0n) is 13.9. The predicted molar refractivity (Wildman–Crippen MR) is 87.0 cm³/mol. The molecule has 1 amide bonds. The number of nitrogens with one attached hydrogen (secondary N) is 2. The van der Waals surface area contributed by atoms with Crippen LogP contribution in [0, 0.1) is 0 Å². The van der Waals surface area contributed by atoms with E-state index in [0.717, 1.165) is 0 Å². The summed E-state index contributed by atoms with van der Waals surface area (Å²) in [5.41, 5.74) is 0. The van der Waals surface area contributed by atoms with Crippen LogP contribution in [0.2, 0.25) is 0 Å². The van der Waals surface area contributed by atoms with E-state index < -0.39 is 34.5 Å². The normalized spacial score (nSPS) is 12.3. The van der Waals surface area contributed by atoms with Crippen molar-refractivity contribution in [3.05, 3.63) is 24.3 Å². The Balaban J connectivity index is 2.58. The molecule has 0 unspecified atom stereocenters. The number of hydrogen-bond acceptors (Lipinski definition) is 6. The lowest BCUT2D eigenvalue weighted by molar-refractivity contribution is -0.153. The lowest BCUT2D eigenvalue weighted by Gasteiger charge is -2.13. The van der Waals surface area contributed by atoms with Crippen molar-refractivity contribution in [2.45, 2.75) is 31.8 Å². The highest BCUT2D eigenvalue weighted by atomic mass is 32.2. The zero-order chi connectivity index (χ0) is 18.2. The first-order valence-electron chi connectivity index (χ1n) is 7.49. The van der Waals surface area contributed by atoms with Gasteiger partial charge < -0.3 is 14.8 Å². The Morgan fingerprint density at radius 2 is 1.79 bits per heavy atom. The average Bonchev–Trinajstić information content (AvgIpc) is 2.54. The van der Waals surface area contributed by atoms with E-state index in [1.807, 2.05) is 6.92 Å². The number of likely N-dealkylation sites (N-methyl/N-ethyl adjacent to an activating group) is 1. The number of benzene rings is 1. The van der Waals surface area contributed by atoms with E-state index in [-0.39, 0.29) is 4.90 Å². The van der Waals surface area contributed by atoms with Gasteiger partial charge in [0.25, 0.3) is 5.91 Å². The van der Waals surface area contributed by atoms with Crippen molar-refractivity contribution in [1.29, 1.82) is 0 Å². The van der Waals surface area contributed by atoms with Crippen LogP contribution in [0.15, 0.2) is 29.2 Å². The molecule has 0 fully saturated rings. The number of esters is 1. The Labute approximate surface area is 141 Å². The van der Waals surface area contributed by atoms with Crippen LogP contribution in [0.5, 0.6) is 5.75 Å². The van der Waals surface area contributed by atoms with Crippen LogP contribution in [0.3, 0.4) is 0 Å². The van der Waals surface area contributed by atoms with Gasteiger partial charge in [-0.3, -0.25) is 9.59 Å². The molecular weight excluding hydrogens is 336 g/mol. The van der Waals surface area contributed by atoms with Crippen molar-refractivity contribution in [3.8, 4) is 5.75 Å². The van der Waals surface area contributed by atoms with E-state index >= 15 is 0 Å². The molecular formula is C15H22N2O6S. The Bertz CT molecular complexity index is 657. The summed E-state index contributed by atoms with van der Waals surface area (Å²) in [6.07, 6.45) is -0.993. The highest BCUT2D eigenvalue weighted by Gasteiger charge is 2.20. The second-order valence-corrected chi connectivity index (χ2v) is 6.52. The second kappa shape index (κ2) is 9.24. The monoisotopic (exact) mass is 358 g/mol. The van der Waals surface area contributed by atoms with Gasteiger partial charge in [-0.2, -0.15) is 4.72 Å². The Hall–Kier alpha value is -2.13. The molecule has 1 rings (SSSR count). The van der Waals surface area contributed by atoms with Crippen molar-refractivity contribution in [2.24, 2.45) is 0 Å². The molecule has 0 bridgehead atoms. The lowest BCUT2D eigenvalue weighted by atomic mass is 10.3. The quantitative estimate of drug-likeness (QED) is 0.620. The SMILES string of the molecule is CCNC(=O)[C@H](C)OC(=O)CNS(=O)(=O)c1ccc(OCC)cc1. The molecule has 1 atom stereocenters. The van der Waals surface area contributed by atoms with Gasteiger partial charge in [0, 0.05) is 6.54 Å². The molecule has 1 aromatic carbocycles. The van der Waals surface area contributed by atoms with Gasteiger partial charge in [-0.1, -0.05) is 0 Å². The first-order valence-corrected chi connectivity index (χ1v) is 8.98. The minimum atomic E-state index is -3.86. The summed E-state index contributed by atoms with van der Waals surface area (Å²) in [6, 6.07) is 5.78. The summed E-state index contributed by atoms with van der Waals surface area (Å²) in [6.45, 7) is 5.27. The maximum Gasteiger partial charge on any atom is 0.321 e. The second-order valence-electron chi connectivity index (χ2n) is 4.76. The molecule has 8 nitrogen and oxygen atoms in total. The molecule has 2 N–H and O–H groups in total. The smallest absolute Gasteiger partial charge is 0.321 e. The van der Waals surface area contributed by atoms with Gasteiger partial charge in [0.1, 0.15) is 12.3 Å². The van der Waals surface area contributed by atoms with Crippen LogP contribution in [-0.2, 0) is 24.3 Å². The first kappa shape index (κ1) is 19.9. The molecule has 0 heterocycles. The summed E-state index contributed by atoms with van der Waals surface area (Å²) in [5, 5.41) is 2.50. The number of carbonyl (C=O) groups is 2. The maximum atomic E-state index is 12.1. The highest BCUT2D eigenvalue weighted by molar-refractivity contribution is 7.89. The van der Waals surface area contributed by atoms with Gasteiger partial charge in [-0.05, 0) is 45.0 Å². The van der Waals surface area contributed by atoms with Crippen LogP contribution in [0.4, 0.5) is 0 Å². The van der Waals surface area contributed by atoms with Gasteiger partial charge in [-0.15, -0.1) is 0 Å². The molecule has 1 aromatic rings. The van der Waals surface area contributed by atoms with E-state index in [2.05, 4.69) is 10.0 Å². The van der Waals surface area contributed by atoms with Gasteiger partial charge >= 0.3 is 5.97 Å². The van der Waals surface area contributed by atoms with Gasteiger partial charge in [0.2, 0.25) is 10.0 Å². The van der Waals surface area contributed by atoms with Crippen molar-refractivity contribution >= 4 is 21.9 Å². The standard InChI is InChI=1S/C15H22N2O6S/c1-4-16-15(19)11(3)23-14(18)10-17-24(20,21)13-8-6-12(7-9-13)22-5-2/h6-9,11,17H,4-5,10H2,1-3H3,(H,16,19)/t11-/m0/s1. The summed E-state index contributed by atoms with van der Waals surface area (Å²) in [7, 11) is -3.86. The third-order valence-corrected chi connectivity index (χ3v) is 4.30. The van der Waals surface area contributed by atoms with E-state index in [4.69, 9.17) is 9.47 Å². The summed E-state index contributed by atoms with van der Waals surface area (Å²) >= 11 is 0. The Morgan fingerprint density at radius 3 is 2.33 bits per heavy atom. The molecule has 0 radical (unpaired) electrons. The average molecular weight is 358 g/mol. The summed E-state index contributed by atoms with van der Waals surface area (Å²) < 4.78 is 36.4. The van der Waals surface area contributed by atoms with Crippen molar-refractivity contribution in [3.63, 3.8) is 0 Å². The molecule has 0 saturated carbocycles. The van der Waals surface area contributed by atoms with Gasteiger partial charge in [-0.25, -0.2) is 8.42 Å². The fraction of sp³-hybridized carbons (Fsp3) is 0.467. The van der Waals surface area contributed by atoms with Crippen molar-refractivity contribution in [1.82, 2.24) is 10.0 Å². The summed E-state index contributed by atoms with van der Waals surface area (Å²) in [4.78, 5) is 23.1. The highest BCUT2D eigenvalue weighted by Crippen LogP contribution is 2.15. The van der Waals surface area contributed by atoms with Crippen LogP contribution in [0.25, 0.3) is 0 Å². The van der Waals surface area contributed by atoms with Crippen LogP contribution in [0.1, 0.15) is 20.8 Å². The topological polar surface area (TPSA) is 111 Å². The van der Waals surface area contributed by atoms with E-state index in [0.29, 0.717) is 18.9 Å². The third kappa shape index (κ3) is 6.17. The molecule has 0 saturated heterocycles. The Morgan fingerprint density at radius 1 is 1.17 bits per heavy atom. The number of sulfonamides is 1. The fourth-order valence-corrected chi connectivity index (χ4v) is 2.70. The molecule has 0 aromatic heterocycles. The number of ether oxygens (including phenoxy) is 2. The van der Waals surface area contributed by atoms with E-state index in [9.17, 15) is 18.0 Å². The van der Waals surface area contributed by atoms with Crippen molar-refractivity contribution < 1.29 is 27.5 Å². The molecule has 24 heavy (non-hydrogen) atoms. The minimum Gasteiger partial charge on any atom is -0.494 e. The number of carbonyl (C=O) groups excluding carboxylic acids is 2. The Kier molecular flexibility index (Phi) is 7.66. The van der Waals surface area contributed by atoms with Crippen LogP contribution >= 0.6 is 0 Å². The molecule has 9 heteroatoms. The third-order valence-electron chi connectivity index (χ3n) is 2.88. The summed E-state index contributed by atoms with van der Waals surface area (Å²) in [5.74, 6) is -0.741. The van der Waals surface area contributed by atoms with Crippen molar-refractivity contribution in [2.75, 3.05) is 19.7 Å². The first-order chi connectivity index (χ1) is 11.3. The van der Waals surface area contributed by atoms with E-state index in [1.165, 1.54) is 31.2 Å². The maximum absolute atomic E-state index is 12.1. The molecule has 0 aliphatic carbocycles. The fourth-order valence-electron chi connectivity index (χ4n) is 1.73. The van der Waals surface area contributed by atoms with Gasteiger partial charge in [0.15, 0.2) is 6.10 Å². The zero-order valence-corrected chi connectivity index (χ0v) is 14.7. The van der Waals surface area contributed by atoms with Crippen LogP contribution in [-0.4, -0.2) is 46.1 Å². The van der Waals surface area contributed by atoms with Crippen LogP contribution < -0.4 is 14.8 Å². The molecule has 134 valence electrons. The molecule has 0 aliphatic heterocycles. The largest absolute Gasteiger partial charge is 0.494 e. The molecule has 0 aliphatic rings. The number of amides is 1. The number of hydrogen-bond donors (Lipinski definition) is 2. The van der Waals surface area contributed by atoms with E-state index in [1.54, 1.807) is 6.92 Å².